The Morgan fingerprint density at radius 3 is 2.85 bits per heavy atom. The molecule has 1 aromatic rings. The Balaban J connectivity index is 2.71. The van der Waals surface area contributed by atoms with Gasteiger partial charge in [-0.15, -0.1) is 0 Å². The molecule has 0 unspecified atom stereocenters. The third-order valence-electron chi connectivity index (χ3n) is 2.19. The van der Waals surface area contributed by atoms with E-state index in [1.54, 1.807) is 0 Å². The summed E-state index contributed by atoms with van der Waals surface area (Å²) < 4.78 is 2.05. The summed E-state index contributed by atoms with van der Waals surface area (Å²) in [6.45, 7) is 5.02. The average Bonchev–Trinajstić information content (AvgIpc) is 2.61. The van der Waals surface area contributed by atoms with Crippen molar-refractivity contribution in [3.63, 3.8) is 0 Å². The van der Waals surface area contributed by atoms with Gasteiger partial charge in [-0.05, 0) is 18.6 Å². The Morgan fingerprint density at radius 1 is 1.46 bits per heavy atom. The predicted molar refractivity (Wildman–Crippen MR) is 54.0 cm³/mol. The number of hydrogen-bond donors (Lipinski definition) is 0. The van der Waals surface area contributed by atoms with E-state index in [1.807, 2.05) is 25.3 Å². The molecule has 2 heteroatoms. The highest BCUT2D eigenvalue weighted by molar-refractivity contribution is 5.94. The maximum absolute atomic E-state index is 11.4. The second kappa shape index (κ2) is 4.85. The highest BCUT2D eigenvalue weighted by Crippen LogP contribution is 2.07. The van der Waals surface area contributed by atoms with E-state index in [0.717, 1.165) is 25.1 Å². The highest BCUT2D eigenvalue weighted by atomic mass is 16.1. The fourth-order valence-corrected chi connectivity index (χ4v) is 1.37. The summed E-state index contributed by atoms with van der Waals surface area (Å²) in [4.78, 5) is 11.4. The Bertz CT molecular complexity index is 275. The molecule has 1 rings (SSSR count). The van der Waals surface area contributed by atoms with Crippen LogP contribution in [0.1, 0.15) is 43.6 Å². The van der Waals surface area contributed by atoms with Crippen molar-refractivity contribution in [2.24, 2.45) is 0 Å². The Kier molecular flexibility index (Phi) is 3.74. The van der Waals surface area contributed by atoms with Crippen molar-refractivity contribution in [3.05, 3.63) is 24.0 Å². The molecule has 2 nitrogen and oxygen atoms in total. The van der Waals surface area contributed by atoms with Gasteiger partial charge in [-0.1, -0.05) is 20.3 Å². The largest absolute Gasteiger partial charge is 0.345 e. The van der Waals surface area contributed by atoms with Gasteiger partial charge in [-0.3, -0.25) is 4.79 Å². The lowest BCUT2D eigenvalue weighted by atomic mass is 10.2. The van der Waals surface area contributed by atoms with Gasteiger partial charge in [0.15, 0.2) is 5.78 Å². The molecule has 0 aromatic carbocycles. The molecule has 1 aromatic heterocycles. The quantitative estimate of drug-likeness (QED) is 0.637. The zero-order chi connectivity index (χ0) is 9.68. The van der Waals surface area contributed by atoms with Crippen LogP contribution in [0, 0.1) is 0 Å². The number of nitrogens with zero attached hydrogens (tertiary/aromatic N) is 1. The van der Waals surface area contributed by atoms with Crippen LogP contribution in [0.2, 0.25) is 0 Å². The van der Waals surface area contributed by atoms with Crippen LogP contribution in [0.25, 0.3) is 0 Å². The number of carbonyl (C=O) groups excluding carboxylic acids is 1. The average molecular weight is 179 g/mol. The monoisotopic (exact) mass is 179 g/mol. The topological polar surface area (TPSA) is 22.0 Å². The van der Waals surface area contributed by atoms with Crippen LogP contribution in [0.5, 0.6) is 0 Å². The number of ketones is 1. The molecule has 0 amide bonds. The zero-order valence-electron chi connectivity index (χ0n) is 8.42. The molecule has 0 radical (unpaired) electrons. The van der Waals surface area contributed by atoms with Gasteiger partial charge in [-0.2, -0.15) is 0 Å². The van der Waals surface area contributed by atoms with Crippen molar-refractivity contribution < 1.29 is 4.79 Å². The summed E-state index contributed by atoms with van der Waals surface area (Å²) in [6.07, 6.45) is 4.88. The van der Waals surface area contributed by atoms with Crippen LogP contribution >= 0.6 is 0 Å². The fraction of sp³-hybridized carbons (Fsp3) is 0.545. The molecule has 0 saturated carbocycles. The van der Waals surface area contributed by atoms with E-state index in [4.69, 9.17) is 0 Å². The van der Waals surface area contributed by atoms with Crippen LogP contribution < -0.4 is 0 Å². The van der Waals surface area contributed by atoms with Crippen molar-refractivity contribution in [2.45, 2.75) is 39.7 Å². The molecule has 0 fully saturated rings. The standard InChI is InChI=1S/C11H17NO/c1-3-5-8-12-9-6-7-10(12)11(13)4-2/h6-7,9H,3-5,8H2,1-2H3. The van der Waals surface area contributed by atoms with E-state index < -0.39 is 0 Å². The Hall–Kier alpha value is -1.05. The summed E-state index contributed by atoms with van der Waals surface area (Å²) in [6, 6.07) is 3.85. The van der Waals surface area contributed by atoms with Gasteiger partial charge in [0.25, 0.3) is 0 Å². The first-order chi connectivity index (χ1) is 6.29. The minimum Gasteiger partial charge on any atom is -0.345 e. The van der Waals surface area contributed by atoms with Gasteiger partial charge in [0.1, 0.15) is 0 Å². The van der Waals surface area contributed by atoms with Crippen LogP contribution in [-0.2, 0) is 6.54 Å². The Morgan fingerprint density at radius 2 is 2.23 bits per heavy atom. The third kappa shape index (κ3) is 2.44. The number of unbranched alkanes of at least 4 members (excludes halogenated alkanes) is 1. The van der Waals surface area contributed by atoms with Gasteiger partial charge in [-0.25, -0.2) is 0 Å². The molecule has 1 heterocycles. The molecule has 0 N–H and O–H groups in total. The minimum atomic E-state index is 0.237. The molecule has 0 saturated heterocycles. The van der Waals surface area contributed by atoms with Crippen LogP contribution in [0.4, 0.5) is 0 Å². The first kappa shape index (κ1) is 10.0. The Labute approximate surface area is 79.6 Å². The predicted octanol–water partition coefficient (Wildman–Crippen LogP) is 2.88. The maximum Gasteiger partial charge on any atom is 0.178 e. The van der Waals surface area contributed by atoms with Crippen molar-refractivity contribution in [1.82, 2.24) is 4.57 Å². The molecule has 0 atom stereocenters. The summed E-state index contributed by atoms with van der Waals surface area (Å²) in [5.41, 5.74) is 0.857. The summed E-state index contributed by atoms with van der Waals surface area (Å²) in [5.74, 6) is 0.237. The van der Waals surface area contributed by atoms with E-state index in [-0.39, 0.29) is 5.78 Å². The summed E-state index contributed by atoms with van der Waals surface area (Å²) in [7, 11) is 0. The maximum atomic E-state index is 11.4. The van der Waals surface area contributed by atoms with Crippen molar-refractivity contribution in [1.29, 1.82) is 0 Å². The molecule has 13 heavy (non-hydrogen) atoms. The molecular formula is C11H17NO. The first-order valence-electron chi connectivity index (χ1n) is 4.98. The van der Waals surface area contributed by atoms with Crippen molar-refractivity contribution in [2.75, 3.05) is 0 Å². The van der Waals surface area contributed by atoms with E-state index >= 15 is 0 Å². The number of Topliss-reactive ketones (excluding diaryl/α,β-unsaturated/α-hetero) is 1. The number of aromatic nitrogens is 1. The molecule has 0 aliphatic rings. The number of aryl methyl sites for hydroxylation is 1. The lowest BCUT2D eigenvalue weighted by Crippen LogP contribution is -2.07. The van der Waals surface area contributed by atoms with E-state index in [9.17, 15) is 4.79 Å². The number of hydrogen-bond acceptors (Lipinski definition) is 1. The van der Waals surface area contributed by atoms with Crippen LogP contribution in [-0.4, -0.2) is 10.4 Å². The second-order valence-corrected chi connectivity index (χ2v) is 3.22. The number of carbonyl (C=O) groups is 1. The van der Waals surface area contributed by atoms with E-state index in [2.05, 4.69) is 11.5 Å². The third-order valence-corrected chi connectivity index (χ3v) is 2.19. The first-order valence-corrected chi connectivity index (χ1v) is 4.98. The number of rotatable bonds is 5. The molecule has 0 bridgehead atoms. The van der Waals surface area contributed by atoms with Crippen LogP contribution in [0.3, 0.4) is 0 Å². The SMILES string of the molecule is CCCCn1cccc1C(=O)CC. The van der Waals surface area contributed by atoms with Gasteiger partial charge in [0.05, 0.1) is 5.69 Å². The van der Waals surface area contributed by atoms with Crippen molar-refractivity contribution in [3.8, 4) is 0 Å². The summed E-state index contributed by atoms with van der Waals surface area (Å²) in [5, 5.41) is 0. The van der Waals surface area contributed by atoms with Crippen LogP contribution in [0.15, 0.2) is 18.3 Å². The van der Waals surface area contributed by atoms with Gasteiger partial charge >= 0.3 is 0 Å². The van der Waals surface area contributed by atoms with Crippen molar-refractivity contribution >= 4 is 5.78 Å². The second-order valence-electron chi connectivity index (χ2n) is 3.22. The van der Waals surface area contributed by atoms with E-state index in [0.29, 0.717) is 6.42 Å². The normalized spacial score (nSPS) is 10.3. The smallest absolute Gasteiger partial charge is 0.178 e. The summed E-state index contributed by atoms with van der Waals surface area (Å²) >= 11 is 0. The van der Waals surface area contributed by atoms with Gasteiger partial charge in [0, 0.05) is 19.2 Å². The van der Waals surface area contributed by atoms with E-state index in [1.165, 1.54) is 0 Å². The lowest BCUT2D eigenvalue weighted by molar-refractivity contribution is 0.0979. The highest BCUT2D eigenvalue weighted by Gasteiger charge is 2.07. The molecule has 0 aliphatic carbocycles. The molecule has 0 spiro atoms. The molecular weight excluding hydrogens is 162 g/mol. The molecule has 72 valence electrons. The van der Waals surface area contributed by atoms with Gasteiger partial charge < -0.3 is 4.57 Å². The van der Waals surface area contributed by atoms with Gasteiger partial charge in [0.2, 0.25) is 0 Å². The minimum absolute atomic E-state index is 0.237. The zero-order valence-corrected chi connectivity index (χ0v) is 8.42. The fourth-order valence-electron chi connectivity index (χ4n) is 1.37. The molecule has 0 aliphatic heterocycles. The lowest BCUT2D eigenvalue weighted by Gasteiger charge is -2.05.